The summed E-state index contributed by atoms with van der Waals surface area (Å²) in [6.45, 7) is 11.0. The normalized spacial score (nSPS) is 26.5. The van der Waals surface area contributed by atoms with Crippen LogP contribution in [-0.4, -0.2) is 79.3 Å². The highest BCUT2D eigenvalue weighted by molar-refractivity contribution is 8.02. The molecule has 2 aromatic carbocycles. The highest BCUT2D eigenvalue weighted by Gasteiger charge is 2.74. The first-order valence-corrected chi connectivity index (χ1v) is 15.8. The molecule has 0 radical (unpaired) electrons. The highest BCUT2D eigenvalue weighted by Crippen LogP contribution is 2.67. The van der Waals surface area contributed by atoms with E-state index in [2.05, 4.69) is 13.2 Å². The van der Waals surface area contributed by atoms with Crippen molar-refractivity contribution in [2.75, 3.05) is 19.7 Å². The second kappa shape index (κ2) is 12.9. The predicted molar refractivity (Wildman–Crippen MR) is 166 cm³/mol. The number of amides is 3. The van der Waals surface area contributed by atoms with Crippen molar-refractivity contribution in [3.05, 3.63) is 97.1 Å². The smallest absolute Gasteiger partial charge is 0.247 e. The Bertz CT molecular complexity index is 1300. The number of aliphatic hydroxyl groups excluding tert-OH is 1. The summed E-state index contributed by atoms with van der Waals surface area (Å²) in [5.41, 5.74) is 2.00. The summed E-state index contributed by atoms with van der Waals surface area (Å²) in [6.07, 6.45) is 5.40. The van der Waals surface area contributed by atoms with Gasteiger partial charge in [-0.05, 0) is 30.4 Å². The molecule has 3 saturated heterocycles. The van der Waals surface area contributed by atoms with Gasteiger partial charge in [0.05, 0.1) is 29.2 Å². The van der Waals surface area contributed by atoms with Gasteiger partial charge in [-0.2, -0.15) is 0 Å². The van der Waals surface area contributed by atoms with Crippen LogP contribution in [0.4, 0.5) is 0 Å². The highest BCUT2D eigenvalue weighted by atomic mass is 32.2. The lowest BCUT2D eigenvalue weighted by atomic mass is 9.70. The molecule has 3 heterocycles. The topological polar surface area (TPSA) is 81.2 Å². The fourth-order valence-corrected chi connectivity index (χ4v) is 9.42. The van der Waals surface area contributed by atoms with Crippen LogP contribution in [0.5, 0.6) is 0 Å². The van der Waals surface area contributed by atoms with Gasteiger partial charge in [0, 0.05) is 31.4 Å². The Morgan fingerprint density at radius 1 is 1.00 bits per heavy atom. The van der Waals surface area contributed by atoms with Gasteiger partial charge in [0.2, 0.25) is 17.7 Å². The van der Waals surface area contributed by atoms with E-state index in [4.69, 9.17) is 0 Å². The maximum atomic E-state index is 14.6. The van der Waals surface area contributed by atoms with Crippen molar-refractivity contribution in [2.24, 2.45) is 11.8 Å². The summed E-state index contributed by atoms with van der Waals surface area (Å²) in [4.78, 5) is 48.6. The number of carbonyl (C=O) groups excluding carboxylic acids is 3. The molecule has 2 unspecified atom stereocenters. The van der Waals surface area contributed by atoms with Crippen LogP contribution < -0.4 is 0 Å². The number of nitrogens with zero attached hydrogens (tertiary/aromatic N) is 3. The van der Waals surface area contributed by atoms with E-state index in [1.807, 2.05) is 67.6 Å². The van der Waals surface area contributed by atoms with Crippen LogP contribution in [0.3, 0.4) is 0 Å². The van der Waals surface area contributed by atoms with Crippen molar-refractivity contribution in [3.63, 3.8) is 0 Å². The largest absolute Gasteiger partial charge is 0.394 e. The molecule has 0 aliphatic carbocycles. The maximum absolute atomic E-state index is 14.6. The Morgan fingerprint density at radius 3 is 2.05 bits per heavy atom. The van der Waals surface area contributed by atoms with Gasteiger partial charge in [-0.25, -0.2) is 0 Å². The molecule has 3 fully saturated rings. The third-order valence-corrected chi connectivity index (χ3v) is 11.0. The molecule has 1 spiro atoms. The Kier molecular flexibility index (Phi) is 9.23. The molecule has 7 nitrogen and oxygen atoms in total. The van der Waals surface area contributed by atoms with Gasteiger partial charge in [0.15, 0.2) is 0 Å². The van der Waals surface area contributed by atoms with Crippen LogP contribution in [-0.2, 0) is 27.5 Å². The molecule has 222 valence electrons. The van der Waals surface area contributed by atoms with Crippen LogP contribution in [0.25, 0.3) is 0 Å². The minimum atomic E-state index is -0.759. The van der Waals surface area contributed by atoms with Crippen LogP contribution in [0.15, 0.2) is 86.0 Å². The van der Waals surface area contributed by atoms with E-state index in [1.54, 1.807) is 38.6 Å². The van der Waals surface area contributed by atoms with E-state index < -0.39 is 28.7 Å². The van der Waals surface area contributed by atoms with Crippen molar-refractivity contribution in [1.29, 1.82) is 0 Å². The van der Waals surface area contributed by atoms with E-state index in [0.29, 0.717) is 39.0 Å². The summed E-state index contributed by atoms with van der Waals surface area (Å²) >= 11 is 1.66. The average Bonchev–Trinajstić information content (AvgIpc) is 3.65. The van der Waals surface area contributed by atoms with Crippen LogP contribution >= 0.6 is 11.8 Å². The van der Waals surface area contributed by atoms with Gasteiger partial charge in [-0.15, -0.1) is 24.9 Å². The van der Waals surface area contributed by atoms with Gasteiger partial charge in [-0.1, -0.05) is 79.7 Å². The molecular weight excluding hydrogens is 546 g/mol. The minimum absolute atomic E-state index is 0.0387. The van der Waals surface area contributed by atoms with E-state index >= 15 is 0 Å². The predicted octanol–water partition coefficient (Wildman–Crippen LogP) is 4.28. The summed E-state index contributed by atoms with van der Waals surface area (Å²) in [6, 6.07) is 18.4. The summed E-state index contributed by atoms with van der Waals surface area (Å²) in [5, 5.41) is 10.3. The Balaban J connectivity index is 1.52. The molecule has 42 heavy (non-hydrogen) atoms. The van der Waals surface area contributed by atoms with E-state index in [-0.39, 0.29) is 29.6 Å². The number of fused-ring (bicyclic) bond motifs is 1. The number of hydrogen-bond acceptors (Lipinski definition) is 5. The van der Waals surface area contributed by atoms with E-state index in [1.165, 1.54) is 0 Å². The standard InChI is InChI=1S/C34H41N3O4S/c1-4-19-35(21-24-13-9-7-10-14-24)31(39)28-27-17-18-34(42-27)29(28)32(40)37(26(6-3)23-38)30(34)33(41)36(20-5-2)22-25-15-11-8-12-16-25/h4-5,7-16,26-30,38H,1-2,6,17-23H2,3H3/t26-,27-,28+,29-,30?,34?/m0/s1. The lowest BCUT2D eigenvalue weighted by Gasteiger charge is -2.39. The maximum Gasteiger partial charge on any atom is 0.247 e. The number of carbonyl (C=O) groups is 3. The zero-order chi connectivity index (χ0) is 29.9. The van der Waals surface area contributed by atoms with Gasteiger partial charge in [-0.3, -0.25) is 14.4 Å². The summed E-state index contributed by atoms with van der Waals surface area (Å²) in [5.74, 6) is -1.53. The molecule has 0 aromatic heterocycles. The minimum Gasteiger partial charge on any atom is -0.394 e. The Labute approximate surface area is 253 Å². The first-order valence-electron chi connectivity index (χ1n) is 14.9. The van der Waals surface area contributed by atoms with Crippen molar-refractivity contribution in [3.8, 4) is 0 Å². The van der Waals surface area contributed by atoms with Crippen molar-refractivity contribution in [2.45, 2.75) is 61.4 Å². The van der Waals surface area contributed by atoms with E-state index in [9.17, 15) is 19.5 Å². The number of rotatable bonds is 13. The van der Waals surface area contributed by atoms with Crippen molar-refractivity contribution in [1.82, 2.24) is 14.7 Å². The van der Waals surface area contributed by atoms with Crippen LogP contribution in [0, 0.1) is 11.8 Å². The van der Waals surface area contributed by atoms with Gasteiger partial charge < -0.3 is 19.8 Å². The lowest BCUT2D eigenvalue weighted by molar-refractivity contribution is -0.147. The number of thioether (sulfide) groups is 1. The SMILES string of the molecule is C=CCN(Cc1ccccc1)C(=O)C1N([C@@H](CC)CO)C(=O)[C@@H]2[C@H](C(=O)N(CC=C)Cc3ccccc3)[C@@H]3CCC12S3. The van der Waals surface area contributed by atoms with Crippen LogP contribution in [0.1, 0.15) is 37.3 Å². The van der Waals surface area contributed by atoms with Crippen molar-refractivity contribution < 1.29 is 19.5 Å². The number of benzene rings is 2. The second-order valence-corrected chi connectivity index (χ2v) is 13.1. The van der Waals surface area contributed by atoms with Gasteiger partial charge in [0.25, 0.3) is 0 Å². The lowest BCUT2D eigenvalue weighted by Crippen LogP contribution is -2.57. The molecule has 3 aliphatic rings. The molecule has 0 saturated carbocycles. The molecule has 2 bridgehead atoms. The molecule has 8 heteroatoms. The monoisotopic (exact) mass is 587 g/mol. The van der Waals surface area contributed by atoms with Gasteiger partial charge in [0.1, 0.15) is 6.04 Å². The fourth-order valence-electron chi connectivity index (χ4n) is 7.23. The Hall–Kier alpha value is -3.36. The third-order valence-electron chi connectivity index (χ3n) is 9.09. The zero-order valence-electron chi connectivity index (χ0n) is 24.3. The molecule has 6 atom stereocenters. The first kappa shape index (κ1) is 30.1. The van der Waals surface area contributed by atoms with Crippen LogP contribution in [0.2, 0.25) is 0 Å². The number of aliphatic hydroxyl groups is 1. The number of likely N-dealkylation sites (tertiary alicyclic amines) is 1. The first-order chi connectivity index (χ1) is 20.4. The zero-order valence-corrected chi connectivity index (χ0v) is 25.1. The quantitative estimate of drug-likeness (QED) is 0.354. The fraction of sp³-hybridized carbons (Fsp3) is 0.441. The molecular formula is C34H41N3O4S. The third kappa shape index (κ3) is 5.31. The molecule has 5 rings (SSSR count). The molecule has 3 amide bonds. The second-order valence-electron chi connectivity index (χ2n) is 11.5. The van der Waals surface area contributed by atoms with E-state index in [0.717, 1.165) is 17.5 Å². The van der Waals surface area contributed by atoms with Gasteiger partial charge >= 0.3 is 0 Å². The average molecular weight is 588 g/mol. The summed E-state index contributed by atoms with van der Waals surface area (Å²) < 4.78 is -0.718. The Morgan fingerprint density at radius 2 is 1.55 bits per heavy atom. The number of hydrogen-bond donors (Lipinski definition) is 1. The molecule has 3 aliphatic heterocycles. The summed E-state index contributed by atoms with van der Waals surface area (Å²) in [7, 11) is 0. The molecule has 2 aromatic rings. The van der Waals surface area contributed by atoms with Crippen molar-refractivity contribution >= 4 is 29.5 Å². The molecule has 1 N–H and O–H groups in total.